The van der Waals surface area contributed by atoms with Crippen LogP contribution in [0.25, 0.3) is 0 Å². The molecule has 0 spiro atoms. The molecule has 20 heavy (non-hydrogen) atoms. The number of aromatic nitrogens is 4. The van der Waals surface area contributed by atoms with Gasteiger partial charge in [-0.1, -0.05) is 13.8 Å². The number of hydrogen-bond acceptors (Lipinski definition) is 4. The molecule has 0 radical (unpaired) electrons. The second kappa shape index (κ2) is 6.61. The van der Waals surface area contributed by atoms with Gasteiger partial charge in [0.15, 0.2) is 0 Å². The first-order valence-electron chi connectivity index (χ1n) is 7.06. The monoisotopic (exact) mass is 273 g/mol. The molecule has 0 amide bonds. The van der Waals surface area contributed by atoms with Crippen LogP contribution in [0.1, 0.15) is 36.8 Å². The molecule has 1 N–H and O–H groups in total. The minimum atomic E-state index is 0.207. The molecule has 0 aliphatic carbocycles. The smallest absolute Gasteiger partial charge is 0.138 e. The van der Waals surface area contributed by atoms with Crippen molar-refractivity contribution in [3.05, 3.63) is 41.7 Å². The van der Waals surface area contributed by atoms with Gasteiger partial charge in [0.2, 0.25) is 0 Å². The number of nitrogens with one attached hydrogen (secondary N) is 1. The Kier molecular flexibility index (Phi) is 4.84. The lowest BCUT2D eigenvalue weighted by atomic mass is 10.0. The van der Waals surface area contributed by atoms with Gasteiger partial charge in [-0.25, -0.2) is 9.67 Å². The van der Waals surface area contributed by atoms with E-state index in [-0.39, 0.29) is 6.04 Å². The third-order valence-corrected chi connectivity index (χ3v) is 3.42. The van der Waals surface area contributed by atoms with E-state index in [0.29, 0.717) is 5.92 Å². The van der Waals surface area contributed by atoms with Gasteiger partial charge in [0.05, 0.1) is 0 Å². The molecule has 5 nitrogen and oxygen atoms in total. The van der Waals surface area contributed by atoms with Crippen LogP contribution in [0.15, 0.2) is 24.8 Å². The number of nitrogens with zero attached hydrogens (tertiary/aromatic N) is 4. The van der Waals surface area contributed by atoms with E-state index in [1.165, 1.54) is 11.1 Å². The molecule has 0 bridgehead atoms. The van der Waals surface area contributed by atoms with Crippen LogP contribution in [0.5, 0.6) is 0 Å². The SMILES string of the molecule is CNC(Cc1ncnn1CC(C)C)c1cnccc1C. The summed E-state index contributed by atoms with van der Waals surface area (Å²) in [6, 6.07) is 2.25. The van der Waals surface area contributed by atoms with Crippen LogP contribution in [0.4, 0.5) is 0 Å². The highest BCUT2D eigenvalue weighted by atomic mass is 15.3. The molecule has 0 saturated carbocycles. The Labute approximate surface area is 120 Å². The molecule has 0 aliphatic heterocycles. The molecular formula is C15H23N5. The van der Waals surface area contributed by atoms with E-state index in [4.69, 9.17) is 0 Å². The second-order valence-electron chi connectivity index (χ2n) is 5.53. The maximum Gasteiger partial charge on any atom is 0.138 e. The first-order chi connectivity index (χ1) is 9.61. The van der Waals surface area contributed by atoms with Gasteiger partial charge in [-0.3, -0.25) is 4.98 Å². The zero-order valence-corrected chi connectivity index (χ0v) is 12.7. The molecule has 108 valence electrons. The van der Waals surface area contributed by atoms with Gasteiger partial charge in [-0.15, -0.1) is 0 Å². The van der Waals surface area contributed by atoms with Crippen molar-refractivity contribution in [3.63, 3.8) is 0 Å². The summed E-state index contributed by atoms with van der Waals surface area (Å²) in [6.45, 7) is 7.39. The fraction of sp³-hybridized carbons (Fsp3) is 0.533. The van der Waals surface area contributed by atoms with Crippen molar-refractivity contribution >= 4 is 0 Å². The van der Waals surface area contributed by atoms with Crippen molar-refractivity contribution in [2.24, 2.45) is 5.92 Å². The Morgan fingerprint density at radius 3 is 2.80 bits per heavy atom. The average Bonchev–Trinajstić information content (AvgIpc) is 2.83. The largest absolute Gasteiger partial charge is 0.313 e. The lowest BCUT2D eigenvalue weighted by Gasteiger charge is -2.18. The molecule has 0 aromatic carbocycles. The first-order valence-corrected chi connectivity index (χ1v) is 7.06. The zero-order chi connectivity index (χ0) is 14.5. The topological polar surface area (TPSA) is 55.6 Å². The third-order valence-electron chi connectivity index (χ3n) is 3.42. The Balaban J connectivity index is 2.19. The number of aryl methyl sites for hydroxylation is 1. The second-order valence-corrected chi connectivity index (χ2v) is 5.53. The van der Waals surface area contributed by atoms with Crippen molar-refractivity contribution in [3.8, 4) is 0 Å². The first kappa shape index (κ1) is 14.7. The van der Waals surface area contributed by atoms with Gasteiger partial charge >= 0.3 is 0 Å². The molecule has 1 unspecified atom stereocenters. The summed E-state index contributed by atoms with van der Waals surface area (Å²) in [5.41, 5.74) is 2.46. The van der Waals surface area contributed by atoms with Gasteiger partial charge in [-0.2, -0.15) is 5.10 Å². The summed E-state index contributed by atoms with van der Waals surface area (Å²) in [4.78, 5) is 8.64. The van der Waals surface area contributed by atoms with Crippen LogP contribution in [0.3, 0.4) is 0 Å². The maximum absolute atomic E-state index is 4.40. The van der Waals surface area contributed by atoms with Crippen LogP contribution >= 0.6 is 0 Å². The lowest BCUT2D eigenvalue weighted by Crippen LogP contribution is -2.22. The zero-order valence-electron chi connectivity index (χ0n) is 12.7. The molecule has 2 aromatic heterocycles. The fourth-order valence-corrected chi connectivity index (χ4v) is 2.34. The Morgan fingerprint density at radius 1 is 1.35 bits per heavy atom. The standard InChI is InChI=1S/C15H23N5/c1-11(2)9-20-15(18-10-19-20)7-14(16-4)13-8-17-6-5-12(13)3/h5-6,8,10-11,14,16H,7,9H2,1-4H3. The van der Waals surface area contributed by atoms with E-state index in [9.17, 15) is 0 Å². The Bertz CT molecular complexity index is 547. The summed E-state index contributed by atoms with van der Waals surface area (Å²) >= 11 is 0. The van der Waals surface area contributed by atoms with Crippen LogP contribution in [-0.2, 0) is 13.0 Å². The van der Waals surface area contributed by atoms with Crippen LogP contribution in [0.2, 0.25) is 0 Å². The molecular weight excluding hydrogens is 250 g/mol. The van der Waals surface area contributed by atoms with E-state index in [0.717, 1.165) is 18.8 Å². The van der Waals surface area contributed by atoms with Crippen LogP contribution in [-0.4, -0.2) is 26.8 Å². The van der Waals surface area contributed by atoms with E-state index in [1.54, 1.807) is 6.33 Å². The maximum atomic E-state index is 4.40. The Hall–Kier alpha value is -1.75. The van der Waals surface area contributed by atoms with E-state index >= 15 is 0 Å². The van der Waals surface area contributed by atoms with Crippen molar-refractivity contribution in [2.75, 3.05) is 7.05 Å². The molecule has 2 heterocycles. The lowest BCUT2D eigenvalue weighted by molar-refractivity contribution is 0.451. The van der Waals surface area contributed by atoms with Gasteiger partial charge in [-0.05, 0) is 37.1 Å². The van der Waals surface area contributed by atoms with E-state index in [2.05, 4.69) is 41.2 Å². The minimum absolute atomic E-state index is 0.207. The normalized spacial score (nSPS) is 12.8. The number of likely N-dealkylation sites (N-methyl/N-ethyl adjacent to an activating group) is 1. The quantitative estimate of drug-likeness (QED) is 0.876. The molecule has 1 atom stereocenters. The predicted octanol–water partition coefficient (Wildman–Crippen LogP) is 2.14. The highest BCUT2D eigenvalue weighted by Crippen LogP contribution is 2.19. The Morgan fingerprint density at radius 2 is 2.15 bits per heavy atom. The fourth-order valence-electron chi connectivity index (χ4n) is 2.34. The predicted molar refractivity (Wildman–Crippen MR) is 79.3 cm³/mol. The molecule has 2 aromatic rings. The molecule has 0 aliphatic rings. The average molecular weight is 273 g/mol. The van der Waals surface area contributed by atoms with Crippen molar-refractivity contribution in [2.45, 2.75) is 39.8 Å². The summed E-state index contributed by atoms with van der Waals surface area (Å²) in [5.74, 6) is 1.57. The summed E-state index contributed by atoms with van der Waals surface area (Å²) in [7, 11) is 1.97. The van der Waals surface area contributed by atoms with Gasteiger partial charge < -0.3 is 5.32 Å². The molecule has 2 rings (SSSR count). The van der Waals surface area contributed by atoms with Crippen molar-refractivity contribution < 1.29 is 0 Å². The third kappa shape index (κ3) is 3.42. The highest BCUT2D eigenvalue weighted by Gasteiger charge is 2.16. The number of rotatable bonds is 6. The van der Waals surface area contributed by atoms with E-state index in [1.807, 2.05) is 30.2 Å². The van der Waals surface area contributed by atoms with Gasteiger partial charge in [0.1, 0.15) is 12.2 Å². The molecule has 5 heteroatoms. The van der Waals surface area contributed by atoms with Crippen molar-refractivity contribution in [1.29, 1.82) is 0 Å². The van der Waals surface area contributed by atoms with Gasteiger partial charge in [0.25, 0.3) is 0 Å². The van der Waals surface area contributed by atoms with Gasteiger partial charge in [0, 0.05) is 31.4 Å². The minimum Gasteiger partial charge on any atom is -0.313 e. The van der Waals surface area contributed by atoms with E-state index < -0.39 is 0 Å². The highest BCUT2D eigenvalue weighted by molar-refractivity contribution is 5.25. The number of pyridine rings is 1. The van der Waals surface area contributed by atoms with Crippen LogP contribution in [0, 0.1) is 12.8 Å². The summed E-state index contributed by atoms with van der Waals surface area (Å²) in [5, 5.41) is 7.68. The summed E-state index contributed by atoms with van der Waals surface area (Å²) < 4.78 is 2.00. The van der Waals surface area contributed by atoms with Crippen LogP contribution < -0.4 is 5.32 Å². The van der Waals surface area contributed by atoms with Crippen molar-refractivity contribution in [1.82, 2.24) is 25.1 Å². The molecule has 0 fully saturated rings. The summed E-state index contributed by atoms with van der Waals surface area (Å²) in [6.07, 6.45) is 6.21. The molecule has 0 saturated heterocycles. The number of hydrogen-bond donors (Lipinski definition) is 1.